The van der Waals surface area contributed by atoms with Gasteiger partial charge in [-0.25, -0.2) is 0 Å². The van der Waals surface area contributed by atoms with Gasteiger partial charge in [-0.2, -0.15) is 13.2 Å². The molecule has 0 aliphatic heterocycles. The Morgan fingerprint density at radius 3 is 2.21 bits per heavy atom. The minimum Gasteiger partial charge on any atom is -0.256 e. The van der Waals surface area contributed by atoms with Crippen molar-refractivity contribution in [3.05, 3.63) is 90.1 Å². The van der Waals surface area contributed by atoms with Crippen molar-refractivity contribution in [2.45, 2.75) is 25.9 Å². The fourth-order valence-electron chi connectivity index (χ4n) is 3.68. The van der Waals surface area contributed by atoms with Gasteiger partial charge in [0.05, 0.1) is 11.3 Å². The molecule has 0 fully saturated rings. The van der Waals surface area contributed by atoms with Crippen molar-refractivity contribution in [2.75, 3.05) is 0 Å². The second kappa shape index (κ2) is 7.70. The fraction of sp³-hybridized carbons (Fsp3) is 0.160. The first-order chi connectivity index (χ1) is 14.0. The molecule has 4 rings (SSSR count). The van der Waals surface area contributed by atoms with Crippen molar-refractivity contribution in [3.8, 4) is 22.4 Å². The van der Waals surface area contributed by atoms with Crippen molar-refractivity contribution in [1.82, 2.24) is 4.98 Å². The molecule has 0 amide bonds. The molecule has 4 aromatic rings. The normalized spacial score (nSPS) is 11.7. The molecule has 1 nitrogen and oxygen atoms in total. The third-order valence-electron chi connectivity index (χ3n) is 5.07. The molecule has 0 bridgehead atoms. The maximum atomic E-state index is 13.4. The van der Waals surface area contributed by atoms with Crippen LogP contribution in [0.1, 0.15) is 24.5 Å². The molecule has 3 aromatic carbocycles. The van der Waals surface area contributed by atoms with Crippen LogP contribution >= 0.6 is 0 Å². The van der Waals surface area contributed by atoms with E-state index in [2.05, 4.69) is 36.2 Å². The SMILES string of the molecule is CCCc1ccc(-c2cccc(-c3nccc4c(C(F)(F)F)cccc34)c2)cc1. The lowest BCUT2D eigenvalue weighted by Gasteiger charge is -2.13. The van der Waals surface area contributed by atoms with Crippen molar-refractivity contribution >= 4 is 10.8 Å². The summed E-state index contributed by atoms with van der Waals surface area (Å²) in [7, 11) is 0. The zero-order valence-electron chi connectivity index (χ0n) is 16.0. The molecule has 0 aliphatic rings. The Morgan fingerprint density at radius 2 is 1.48 bits per heavy atom. The van der Waals surface area contributed by atoms with Crippen LogP contribution in [0.5, 0.6) is 0 Å². The summed E-state index contributed by atoms with van der Waals surface area (Å²) >= 11 is 0. The van der Waals surface area contributed by atoms with Gasteiger partial charge in [-0.05, 0) is 46.7 Å². The molecule has 0 saturated heterocycles. The Hall–Kier alpha value is -3.14. The topological polar surface area (TPSA) is 12.9 Å². The average molecular weight is 391 g/mol. The van der Waals surface area contributed by atoms with E-state index < -0.39 is 11.7 Å². The first-order valence-electron chi connectivity index (χ1n) is 9.62. The number of nitrogens with zero attached hydrogens (tertiary/aromatic N) is 1. The largest absolute Gasteiger partial charge is 0.417 e. The van der Waals surface area contributed by atoms with E-state index in [1.807, 2.05) is 24.3 Å². The predicted molar refractivity (Wildman–Crippen MR) is 112 cm³/mol. The molecular weight excluding hydrogens is 371 g/mol. The second-order valence-electron chi connectivity index (χ2n) is 7.09. The molecule has 0 radical (unpaired) electrons. The maximum absolute atomic E-state index is 13.4. The highest BCUT2D eigenvalue weighted by molar-refractivity contribution is 5.97. The van der Waals surface area contributed by atoms with Crippen molar-refractivity contribution in [2.24, 2.45) is 0 Å². The van der Waals surface area contributed by atoms with Gasteiger partial charge in [-0.3, -0.25) is 4.98 Å². The van der Waals surface area contributed by atoms with E-state index in [0.717, 1.165) is 35.6 Å². The summed E-state index contributed by atoms with van der Waals surface area (Å²) in [6, 6.07) is 21.9. The van der Waals surface area contributed by atoms with E-state index in [1.165, 1.54) is 23.9 Å². The van der Waals surface area contributed by atoms with Crippen LogP contribution in [0.15, 0.2) is 79.0 Å². The maximum Gasteiger partial charge on any atom is 0.417 e. The lowest BCUT2D eigenvalue weighted by Crippen LogP contribution is -2.05. The van der Waals surface area contributed by atoms with Crippen LogP contribution in [-0.2, 0) is 12.6 Å². The highest BCUT2D eigenvalue weighted by Crippen LogP contribution is 2.37. The molecule has 1 heterocycles. The summed E-state index contributed by atoms with van der Waals surface area (Å²) in [4.78, 5) is 4.41. The van der Waals surface area contributed by atoms with Crippen LogP contribution in [0, 0.1) is 0 Å². The smallest absolute Gasteiger partial charge is 0.256 e. The van der Waals surface area contributed by atoms with E-state index in [-0.39, 0.29) is 5.39 Å². The quantitative estimate of drug-likeness (QED) is 0.350. The van der Waals surface area contributed by atoms with Crippen LogP contribution in [0.4, 0.5) is 13.2 Å². The average Bonchev–Trinajstić information content (AvgIpc) is 2.73. The standard InChI is InChI=1S/C25H20F3N/c1-2-5-17-10-12-18(13-11-17)19-6-3-7-20(16-19)24-22-8-4-9-23(25(26,27)28)21(22)14-15-29-24/h3-4,6-16H,2,5H2,1H3. The highest BCUT2D eigenvalue weighted by atomic mass is 19.4. The summed E-state index contributed by atoms with van der Waals surface area (Å²) in [6.45, 7) is 2.15. The third-order valence-corrected chi connectivity index (χ3v) is 5.07. The molecule has 4 heteroatoms. The van der Waals surface area contributed by atoms with Gasteiger partial charge in [0.15, 0.2) is 0 Å². The summed E-state index contributed by atoms with van der Waals surface area (Å²) in [6.07, 6.45) is -0.817. The molecule has 0 atom stereocenters. The minimum atomic E-state index is -4.40. The van der Waals surface area contributed by atoms with Gasteiger partial charge in [0, 0.05) is 17.1 Å². The molecule has 0 N–H and O–H groups in total. The van der Waals surface area contributed by atoms with E-state index in [4.69, 9.17) is 0 Å². The lowest BCUT2D eigenvalue weighted by molar-refractivity contribution is -0.136. The molecule has 146 valence electrons. The molecule has 0 spiro atoms. The van der Waals surface area contributed by atoms with Crippen LogP contribution in [0.3, 0.4) is 0 Å². The van der Waals surface area contributed by atoms with Gasteiger partial charge in [-0.15, -0.1) is 0 Å². The minimum absolute atomic E-state index is 0.166. The first-order valence-corrected chi connectivity index (χ1v) is 9.62. The zero-order valence-corrected chi connectivity index (χ0v) is 16.0. The summed E-state index contributed by atoms with van der Waals surface area (Å²) in [5.41, 5.74) is 4.09. The Kier molecular flexibility index (Phi) is 5.10. The lowest BCUT2D eigenvalue weighted by atomic mass is 9.96. The predicted octanol–water partition coefficient (Wildman–Crippen LogP) is 7.54. The van der Waals surface area contributed by atoms with Gasteiger partial charge in [0.1, 0.15) is 0 Å². The number of hydrogen-bond donors (Lipinski definition) is 0. The number of hydrogen-bond acceptors (Lipinski definition) is 1. The van der Waals surface area contributed by atoms with Crippen LogP contribution in [0.2, 0.25) is 0 Å². The van der Waals surface area contributed by atoms with Gasteiger partial charge in [0.2, 0.25) is 0 Å². The monoisotopic (exact) mass is 391 g/mol. The van der Waals surface area contributed by atoms with Crippen molar-refractivity contribution in [1.29, 1.82) is 0 Å². The fourth-order valence-corrected chi connectivity index (χ4v) is 3.68. The Morgan fingerprint density at radius 1 is 0.759 bits per heavy atom. The van der Waals surface area contributed by atoms with Crippen molar-refractivity contribution in [3.63, 3.8) is 0 Å². The number of aryl methyl sites for hydroxylation is 1. The van der Waals surface area contributed by atoms with Crippen molar-refractivity contribution < 1.29 is 13.2 Å². The first kappa shape index (κ1) is 19.2. The number of alkyl halides is 3. The Labute approximate surface area is 167 Å². The van der Waals surface area contributed by atoms with E-state index in [9.17, 15) is 13.2 Å². The number of pyridine rings is 1. The summed E-state index contributed by atoms with van der Waals surface area (Å²) in [5, 5.41) is 0.664. The van der Waals surface area contributed by atoms with E-state index >= 15 is 0 Å². The molecule has 0 unspecified atom stereocenters. The summed E-state index contributed by atoms with van der Waals surface area (Å²) in [5.74, 6) is 0. The van der Waals surface area contributed by atoms with E-state index in [0.29, 0.717) is 11.1 Å². The Bertz CT molecular complexity index is 1140. The number of halogens is 3. The third kappa shape index (κ3) is 3.88. The molecule has 1 aromatic heterocycles. The molecule has 29 heavy (non-hydrogen) atoms. The molecule has 0 saturated carbocycles. The van der Waals surface area contributed by atoms with Gasteiger partial charge >= 0.3 is 6.18 Å². The van der Waals surface area contributed by atoms with Crippen LogP contribution in [-0.4, -0.2) is 4.98 Å². The molecular formula is C25H20F3N. The zero-order chi connectivity index (χ0) is 20.4. The number of aromatic nitrogens is 1. The van der Waals surface area contributed by atoms with Crippen LogP contribution in [0.25, 0.3) is 33.2 Å². The Balaban J connectivity index is 1.80. The van der Waals surface area contributed by atoms with Gasteiger partial charge in [0.25, 0.3) is 0 Å². The number of benzene rings is 3. The van der Waals surface area contributed by atoms with E-state index in [1.54, 1.807) is 6.07 Å². The van der Waals surface area contributed by atoms with Gasteiger partial charge < -0.3 is 0 Å². The number of fused-ring (bicyclic) bond motifs is 1. The summed E-state index contributed by atoms with van der Waals surface area (Å²) < 4.78 is 40.2. The van der Waals surface area contributed by atoms with Crippen LogP contribution < -0.4 is 0 Å². The highest BCUT2D eigenvalue weighted by Gasteiger charge is 2.32. The molecule has 0 aliphatic carbocycles. The van der Waals surface area contributed by atoms with Gasteiger partial charge in [-0.1, -0.05) is 67.9 Å². The number of rotatable bonds is 4. The second-order valence-corrected chi connectivity index (χ2v) is 7.09.